The van der Waals surface area contributed by atoms with Gasteiger partial charge in [-0.15, -0.1) is 0 Å². The number of hydrogen-bond acceptors (Lipinski definition) is 2. The third-order valence-electron chi connectivity index (χ3n) is 3.01. The minimum atomic E-state index is 0. The molecule has 0 spiro atoms. The molecule has 0 aliphatic carbocycles. The molecular formula is C15H28BN2. The molecule has 1 aromatic rings. The molecule has 0 saturated carbocycles. The Morgan fingerprint density at radius 3 is 1.72 bits per heavy atom. The van der Waals surface area contributed by atoms with E-state index in [1.807, 2.05) is 27.7 Å². The van der Waals surface area contributed by atoms with Gasteiger partial charge in [-0.3, -0.25) is 0 Å². The molecule has 2 N–H and O–H groups in total. The van der Waals surface area contributed by atoms with Gasteiger partial charge in [0.2, 0.25) is 0 Å². The van der Waals surface area contributed by atoms with E-state index in [9.17, 15) is 0 Å². The van der Waals surface area contributed by atoms with Crippen molar-refractivity contribution in [3.05, 3.63) is 23.8 Å². The molecule has 0 amide bonds. The van der Waals surface area contributed by atoms with Crippen LogP contribution in [0.5, 0.6) is 0 Å². The fourth-order valence-electron chi connectivity index (χ4n) is 2.32. The van der Waals surface area contributed by atoms with E-state index in [1.165, 1.54) is 16.9 Å². The maximum Gasteiger partial charge on any atom is 0.0400 e. The van der Waals surface area contributed by atoms with E-state index in [4.69, 9.17) is 0 Å². The summed E-state index contributed by atoms with van der Waals surface area (Å²) in [5.74, 6) is 0. The minimum Gasteiger partial charge on any atom is -0.384 e. The molecule has 18 heavy (non-hydrogen) atoms. The first-order valence-electron chi connectivity index (χ1n) is 6.41. The predicted molar refractivity (Wildman–Crippen MR) is 86.0 cm³/mol. The van der Waals surface area contributed by atoms with Crippen molar-refractivity contribution < 1.29 is 0 Å². The van der Waals surface area contributed by atoms with Crippen LogP contribution < -0.4 is 10.6 Å². The van der Waals surface area contributed by atoms with Crippen LogP contribution in [-0.2, 0) is 5.41 Å². The maximum absolute atomic E-state index is 3.44. The second-order valence-corrected chi connectivity index (χ2v) is 4.00. The van der Waals surface area contributed by atoms with E-state index in [0.29, 0.717) is 5.41 Å². The first-order valence-corrected chi connectivity index (χ1v) is 6.41. The molecule has 3 rings (SSSR count). The Morgan fingerprint density at radius 2 is 1.33 bits per heavy atom. The number of rotatable bonds is 0. The van der Waals surface area contributed by atoms with Crippen LogP contribution in [0.3, 0.4) is 0 Å². The third kappa shape index (κ3) is 3.01. The molecule has 0 saturated heterocycles. The molecule has 2 heterocycles. The minimum absolute atomic E-state index is 0. The number of hydrogen-bond donors (Lipinski definition) is 2. The molecule has 101 valence electrons. The van der Waals surface area contributed by atoms with E-state index < -0.39 is 0 Å². The van der Waals surface area contributed by atoms with Crippen molar-refractivity contribution in [2.45, 2.75) is 47.5 Å². The Bertz CT molecular complexity index is 324. The lowest BCUT2D eigenvalue weighted by Gasteiger charge is -2.15. The summed E-state index contributed by atoms with van der Waals surface area (Å²) in [6.07, 6.45) is 0. The van der Waals surface area contributed by atoms with E-state index >= 15 is 0 Å². The smallest absolute Gasteiger partial charge is 0.0400 e. The quantitative estimate of drug-likeness (QED) is 0.674. The second kappa shape index (κ2) is 8.07. The number of benzene rings is 1. The molecule has 2 nitrogen and oxygen atoms in total. The highest BCUT2D eigenvalue weighted by molar-refractivity contribution is 5.76. The zero-order valence-corrected chi connectivity index (χ0v) is 11.7. The largest absolute Gasteiger partial charge is 0.384 e. The monoisotopic (exact) mass is 247 g/mol. The number of anilines is 2. The van der Waals surface area contributed by atoms with Crippen molar-refractivity contribution in [1.82, 2.24) is 0 Å². The highest BCUT2D eigenvalue weighted by Gasteiger charge is 2.40. The van der Waals surface area contributed by atoms with Gasteiger partial charge in [-0.1, -0.05) is 48.1 Å². The highest BCUT2D eigenvalue weighted by Crippen LogP contribution is 2.45. The Labute approximate surface area is 115 Å². The zero-order valence-electron chi connectivity index (χ0n) is 11.7. The molecule has 0 aromatic heterocycles. The van der Waals surface area contributed by atoms with Crippen LogP contribution in [-0.4, -0.2) is 21.5 Å². The van der Waals surface area contributed by atoms with Gasteiger partial charge in [0, 0.05) is 43.9 Å². The van der Waals surface area contributed by atoms with Crippen molar-refractivity contribution in [3.8, 4) is 0 Å². The van der Waals surface area contributed by atoms with Crippen molar-refractivity contribution in [1.29, 1.82) is 0 Å². The third-order valence-corrected chi connectivity index (χ3v) is 3.01. The summed E-state index contributed by atoms with van der Waals surface area (Å²) in [7, 11) is 0. The average Bonchev–Trinajstić information content (AvgIpc) is 2.88. The topological polar surface area (TPSA) is 24.1 Å². The summed E-state index contributed by atoms with van der Waals surface area (Å²) < 4.78 is 0. The molecule has 2 aliphatic heterocycles. The lowest BCUT2D eigenvalue weighted by atomic mass is 9.87. The van der Waals surface area contributed by atoms with Gasteiger partial charge in [0.1, 0.15) is 0 Å². The Kier molecular flexibility index (Phi) is 8.62. The normalized spacial score (nSPS) is 14.9. The van der Waals surface area contributed by atoms with Gasteiger partial charge < -0.3 is 10.6 Å². The Morgan fingerprint density at radius 1 is 0.944 bits per heavy atom. The fraction of sp³-hybridized carbons (Fsp3) is 0.600. The standard InChI is InChI=1S/C10H12N2.2C2H6.CH4.B/c1-10-5-11-7-3-2-4-8(9(7)10)12-6-10;2*1-2;;/h2-4,11-12H,5-6H2,1H3;2*1-2H3;1H4;. The van der Waals surface area contributed by atoms with Crippen LogP contribution in [0, 0.1) is 0 Å². The molecule has 0 atom stereocenters. The van der Waals surface area contributed by atoms with E-state index in [2.05, 4.69) is 35.8 Å². The Hall–Kier alpha value is -1.12. The molecule has 1 aromatic carbocycles. The van der Waals surface area contributed by atoms with Crippen LogP contribution in [0.4, 0.5) is 11.4 Å². The van der Waals surface area contributed by atoms with Gasteiger partial charge in [0.25, 0.3) is 0 Å². The highest BCUT2D eigenvalue weighted by atomic mass is 15.0. The number of nitrogens with one attached hydrogen (secondary N) is 2. The maximum atomic E-state index is 3.44. The molecule has 0 fully saturated rings. The summed E-state index contributed by atoms with van der Waals surface area (Å²) in [6.45, 7) is 12.5. The van der Waals surface area contributed by atoms with Crippen molar-refractivity contribution >= 4 is 19.8 Å². The molecule has 0 bridgehead atoms. The summed E-state index contributed by atoms with van der Waals surface area (Å²) in [6, 6.07) is 6.43. The fourth-order valence-corrected chi connectivity index (χ4v) is 2.32. The van der Waals surface area contributed by atoms with Crippen LogP contribution in [0.2, 0.25) is 0 Å². The van der Waals surface area contributed by atoms with Gasteiger partial charge in [-0.05, 0) is 12.1 Å². The van der Waals surface area contributed by atoms with Gasteiger partial charge in [0.05, 0.1) is 0 Å². The van der Waals surface area contributed by atoms with E-state index in [-0.39, 0.29) is 15.8 Å². The molecule has 0 unspecified atom stereocenters. The van der Waals surface area contributed by atoms with Crippen LogP contribution in [0.25, 0.3) is 0 Å². The molecule has 2 aliphatic rings. The van der Waals surface area contributed by atoms with Crippen LogP contribution >= 0.6 is 0 Å². The first kappa shape index (κ1) is 19.2. The summed E-state index contributed by atoms with van der Waals surface area (Å²) >= 11 is 0. The zero-order chi connectivity index (χ0) is 12.2. The van der Waals surface area contributed by atoms with Crippen LogP contribution in [0.15, 0.2) is 18.2 Å². The lowest BCUT2D eigenvalue weighted by Crippen LogP contribution is -2.27. The summed E-state index contributed by atoms with van der Waals surface area (Å²) in [5.41, 5.74) is 4.47. The van der Waals surface area contributed by atoms with Crippen molar-refractivity contribution in [3.63, 3.8) is 0 Å². The summed E-state index contributed by atoms with van der Waals surface area (Å²) in [4.78, 5) is 0. The van der Waals surface area contributed by atoms with Crippen LogP contribution in [0.1, 0.15) is 47.6 Å². The van der Waals surface area contributed by atoms with Gasteiger partial charge >= 0.3 is 0 Å². The van der Waals surface area contributed by atoms with E-state index in [1.54, 1.807) is 0 Å². The van der Waals surface area contributed by atoms with Gasteiger partial charge in [-0.2, -0.15) is 0 Å². The lowest BCUT2D eigenvalue weighted by molar-refractivity contribution is 0.580. The first-order chi connectivity index (χ1) is 7.80. The second-order valence-electron chi connectivity index (χ2n) is 4.00. The summed E-state index contributed by atoms with van der Waals surface area (Å²) in [5, 5.41) is 6.88. The molecule has 3 radical (unpaired) electrons. The van der Waals surface area contributed by atoms with E-state index in [0.717, 1.165) is 13.1 Å². The average molecular weight is 247 g/mol. The SMILES string of the molecule is C.CC.CC.CC12CNc3cccc(c31)NC2.[B]. The Balaban J connectivity index is 0. The van der Waals surface area contributed by atoms with Gasteiger partial charge in [-0.25, -0.2) is 0 Å². The van der Waals surface area contributed by atoms with Gasteiger partial charge in [0.15, 0.2) is 0 Å². The van der Waals surface area contributed by atoms with Crippen molar-refractivity contribution in [2.75, 3.05) is 23.7 Å². The van der Waals surface area contributed by atoms with Crippen molar-refractivity contribution in [2.24, 2.45) is 0 Å². The molecular weight excluding hydrogens is 219 g/mol. The molecule has 3 heteroatoms. The predicted octanol–water partition coefficient (Wildman–Crippen LogP) is 4.10.